The summed E-state index contributed by atoms with van der Waals surface area (Å²) >= 11 is 5.13. The van der Waals surface area contributed by atoms with E-state index in [0.29, 0.717) is 4.99 Å². The predicted molar refractivity (Wildman–Crippen MR) is 91.1 cm³/mol. The van der Waals surface area contributed by atoms with Crippen molar-refractivity contribution < 1.29 is 0 Å². The fourth-order valence-corrected chi connectivity index (χ4v) is 2.53. The Hall–Kier alpha value is -1.78. The lowest BCUT2D eigenvalue weighted by Crippen LogP contribution is -2.25. The van der Waals surface area contributed by atoms with Gasteiger partial charge in [0.2, 0.25) is 0 Å². The molecule has 1 aromatic carbocycles. The van der Waals surface area contributed by atoms with Gasteiger partial charge in [0.1, 0.15) is 4.99 Å². The van der Waals surface area contributed by atoms with E-state index in [1.54, 1.807) is 0 Å². The number of nitrogens with two attached hydrogens (primary N) is 1. The van der Waals surface area contributed by atoms with Crippen molar-refractivity contribution in [3.63, 3.8) is 0 Å². The lowest BCUT2D eigenvalue weighted by atomic mass is 10.1. The Morgan fingerprint density at radius 1 is 1.14 bits per heavy atom. The molecule has 4 heteroatoms. The van der Waals surface area contributed by atoms with Crippen molar-refractivity contribution in [1.29, 1.82) is 0 Å². The SMILES string of the molecule is CCN(Cc1cccc(C)n1)Cc1ccccc1C(N)=S. The molecule has 2 rings (SSSR count). The molecule has 21 heavy (non-hydrogen) atoms. The molecule has 0 spiro atoms. The second-order valence-electron chi connectivity index (χ2n) is 5.09. The van der Waals surface area contributed by atoms with Crippen LogP contribution in [0.2, 0.25) is 0 Å². The highest BCUT2D eigenvalue weighted by molar-refractivity contribution is 7.80. The Labute approximate surface area is 131 Å². The van der Waals surface area contributed by atoms with Crippen LogP contribution in [-0.4, -0.2) is 21.4 Å². The van der Waals surface area contributed by atoms with Gasteiger partial charge < -0.3 is 5.73 Å². The molecule has 0 radical (unpaired) electrons. The molecule has 0 saturated heterocycles. The maximum absolute atomic E-state index is 5.80. The molecule has 0 atom stereocenters. The molecule has 0 amide bonds. The summed E-state index contributed by atoms with van der Waals surface area (Å²) in [5.74, 6) is 0. The first-order chi connectivity index (χ1) is 10.1. The maximum atomic E-state index is 5.80. The molecule has 1 heterocycles. The van der Waals surface area contributed by atoms with Crippen LogP contribution in [0.15, 0.2) is 42.5 Å². The van der Waals surface area contributed by atoms with Crippen LogP contribution in [-0.2, 0) is 13.1 Å². The highest BCUT2D eigenvalue weighted by atomic mass is 32.1. The number of nitrogens with zero attached hydrogens (tertiary/aromatic N) is 2. The monoisotopic (exact) mass is 299 g/mol. The molecule has 0 saturated carbocycles. The summed E-state index contributed by atoms with van der Waals surface area (Å²) in [4.78, 5) is 7.35. The van der Waals surface area contributed by atoms with Crippen molar-refractivity contribution >= 4 is 17.2 Å². The topological polar surface area (TPSA) is 42.2 Å². The Morgan fingerprint density at radius 3 is 2.57 bits per heavy atom. The van der Waals surface area contributed by atoms with Crippen LogP contribution in [0.25, 0.3) is 0 Å². The molecule has 0 aliphatic rings. The zero-order chi connectivity index (χ0) is 15.2. The minimum atomic E-state index is 0.454. The largest absolute Gasteiger partial charge is 0.389 e. The summed E-state index contributed by atoms with van der Waals surface area (Å²) in [7, 11) is 0. The van der Waals surface area contributed by atoms with Crippen LogP contribution < -0.4 is 5.73 Å². The van der Waals surface area contributed by atoms with Gasteiger partial charge in [-0.25, -0.2) is 0 Å². The van der Waals surface area contributed by atoms with E-state index in [1.807, 2.05) is 31.2 Å². The minimum absolute atomic E-state index is 0.454. The van der Waals surface area contributed by atoms with E-state index in [-0.39, 0.29) is 0 Å². The smallest absolute Gasteiger partial charge is 0.104 e. The Morgan fingerprint density at radius 2 is 1.90 bits per heavy atom. The zero-order valence-corrected chi connectivity index (χ0v) is 13.4. The van der Waals surface area contributed by atoms with E-state index in [0.717, 1.165) is 36.6 Å². The van der Waals surface area contributed by atoms with Crippen LogP contribution in [0.1, 0.15) is 29.4 Å². The highest BCUT2D eigenvalue weighted by Gasteiger charge is 2.10. The molecule has 3 nitrogen and oxygen atoms in total. The van der Waals surface area contributed by atoms with Gasteiger partial charge in [0.05, 0.1) is 5.69 Å². The van der Waals surface area contributed by atoms with Crippen LogP contribution >= 0.6 is 12.2 Å². The van der Waals surface area contributed by atoms with Crippen molar-refractivity contribution in [3.8, 4) is 0 Å². The molecule has 1 aromatic heterocycles. The third-order valence-corrected chi connectivity index (χ3v) is 3.68. The van der Waals surface area contributed by atoms with Crippen LogP contribution in [0.3, 0.4) is 0 Å². The van der Waals surface area contributed by atoms with Gasteiger partial charge in [-0.2, -0.15) is 0 Å². The first kappa shape index (κ1) is 15.6. The Balaban J connectivity index is 2.14. The van der Waals surface area contributed by atoms with E-state index < -0.39 is 0 Å². The van der Waals surface area contributed by atoms with Gasteiger partial charge in [-0.3, -0.25) is 9.88 Å². The van der Waals surface area contributed by atoms with Gasteiger partial charge in [0, 0.05) is 24.3 Å². The quantitative estimate of drug-likeness (QED) is 0.833. The molecular formula is C17H21N3S. The van der Waals surface area contributed by atoms with Gasteiger partial charge in [0.25, 0.3) is 0 Å². The second-order valence-corrected chi connectivity index (χ2v) is 5.53. The maximum Gasteiger partial charge on any atom is 0.104 e. The average Bonchev–Trinajstić information content (AvgIpc) is 2.47. The number of hydrogen-bond donors (Lipinski definition) is 1. The molecule has 2 N–H and O–H groups in total. The van der Waals surface area contributed by atoms with E-state index in [1.165, 1.54) is 5.56 Å². The number of aromatic nitrogens is 1. The minimum Gasteiger partial charge on any atom is -0.389 e. The second kappa shape index (κ2) is 7.29. The van der Waals surface area contributed by atoms with Crippen molar-refractivity contribution in [2.45, 2.75) is 26.9 Å². The van der Waals surface area contributed by atoms with E-state index >= 15 is 0 Å². The molecule has 0 fully saturated rings. The van der Waals surface area contributed by atoms with E-state index in [9.17, 15) is 0 Å². The summed E-state index contributed by atoms with van der Waals surface area (Å²) in [5.41, 5.74) is 10.1. The van der Waals surface area contributed by atoms with E-state index in [2.05, 4.69) is 35.0 Å². The average molecular weight is 299 g/mol. The van der Waals surface area contributed by atoms with Crippen molar-refractivity contribution in [3.05, 3.63) is 65.0 Å². The lowest BCUT2D eigenvalue weighted by Gasteiger charge is -2.21. The summed E-state index contributed by atoms with van der Waals surface area (Å²) in [6.07, 6.45) is 0. The third kappa shape index (κ3) is 4.34. The number of rotatable bonds is 6. The van der Waals surface area contributed by atoms with Crippen LogP contribution in [0, 0.1) is 6.92 Å². The highest BCUT2D eigenvalue weighted by Crippen LogP contribution is 2.13. The fourth-order valence-electron chi connectivity index (χ4n) is 2.34. The van der Waals surface area contributed by atoms with E-state index in [4.69, 9.17) is 18.0 Å². The Bertz CT molecular complexity index is 625. The molecule has 2 aromatic rings. The van der Waals surface area contributed by atoms with Crippen molar-refractivity contribution in [2.24, 2.45) is 5.73 Å². The molecular weight excluding hydrogens is 278 g/mol. The van der Waals surface area contributed by atoms with Gasteiger partial charge >= 0.3 is 0 Å². The lowest BCUT2D eigenvalue weighted by molar-refractivity contribution is 0.268. The number of hydrogen-bond acceptors (Lipinski definition) is 3. The fraction of sp³-hybridized carbons (Fsp3) is 0.294. The summed E-state index contributed by atoms with van der Waals surface area (Å²) < 4.78 is 0. The summed E-state index contributed by atoms with van der Waals surface area (Å²) in [6, 6.07) is 14.2. The molecule has 0 bridgehead atoms. The molecule has 0 unspecified atom stereocenters. The first-order valence-corrected chi connectivity index (χ1v) is 7.53. The number of thiocarbonyl (C=S) groups is 1. The zero-order valence-electron chi connectivity index (χ0n) is 12.5. The van der Waals surface area contributed by atoms with Gasteiger partial charge in [-0.1, -0.05) is 49.5 Å². The van der Waals surface area contributed by atoms with Gasteiger partial charge in [0.15, 0.2) is 0 Å². The summed E-state index contributed by atoms with van der Waals surface area (Å²) in [6.45, 7) is 6.76. The standard InChI is InChI=1S/C17H21N3S/c1-3-20(12-15-9-6-7-13(2)19-15)11-14-8-4-5-10-16(14)17(18)21/h4-10H,3,11-12H2,1-2H3,(H2,18,21). The number of benzene rings is 1. The number of aryl methyl sites for hydroxylation is 1. The van der Waals surface area contributed by atoms with Crippen molar-refractivity contribution in [1.82, 2.24) is 9.88 Å². The van der Waals surface area contributed by atoms with Gasteiger partial charge in [-0.05, 0) is 31.2 Å². The van der Waals surface area contributed by atoms with Gasteiger partial charge in [-0.15, -0.1) is 0 Å². The normalized spacial score (nSPS) is 10.8. The van der Waals surface area contributed by atoms with Crippen LogP contribution in [0.4, 0.5) is 0 Å². The molecule has 110 valence electrons. The predicted octanol–water partition coefficient (Wildman–Crippen LogP) is 3.05. The Kier molecular flexibility index (Phi) is 5.42. The first-order valence-electron chi connectivity index (χ1n) is 7.12. The third-order valence-electron chi connectivity index (χ3n) is 3.46. The summed E-state index contributed by atoms with van der Waals surface area (Å²) in [5, 5.41) is 0. The molecule has 0 aliphatic heterocycles. The van der Waals surface area contributed by atoms with Crippen molar-refractivity contribution in [2.75, 3.05) is 6.54 Å². The molecule has 0 aliphatic carbocycles. The van der Waals surface area contributed by atoms with Crippen LogP contribution in [0.5, 0.6) is 0 Å². The number of pyridine rings is 1.